The van der Waals surface area contributed by atoms with Gasteiger partial charge in [-0.25, -0.2) is 0 Å². The van der Waals surface area contributed by atoms with Crippen molar-refractivity contribution in [3.8, 4) is 0 Å². The maximum Gasteiger partial charge on any atom is 0.0939 e. The van der Waals surface area contributed by atoms with E-state index in [-0.39, 0.29) is 5.60 Å². The highest BCUT2D eigenvalue weighted by Crippen LogP contribution is 2.37. The van der Waals surface area contributed by atoms with Crippen LogP contribution in [0.4, 0.5) is 0 Å². The number of aliphatic hydroxyl groups excluding tert-OH is 1. The topological polar surface area (TPSA) is 29.5 Å². The second kappa shape index (κ2) is 6.38. The summed E-state index contributed by atoms with van der Waals surface area (Å²) in [6.07, 6.45) is 4.45. The molecule has 1 aromatic rings. The van der Waals surface area contributed by atoms with Gasteiger partial charge in [0.25, 0.3) is 0 Å². The van der Waals surface area contributed by atoms with Gasteiger partial charge in [-0.15, -0.1) is 0 Å². The first-order chi connectivity index (χ1) is 9.05. The van der Waals surface area contributed by atoms with Crippen molar-refractivity contribution in [3.63, 3.8) is 0 Å². The summed E-state index contributed by atoms with van der Waals surface area (Å²) in [5, 5.41) is 10.6. The second-order valence-corrected chi connectivity index (χ2v) is 6.71. The number of ether oxygens (including phenoxy) is 1. The number of rotatable bonds is 4. The van der Waals surface area contributed by atoms with Crippen molar-refractivity contribution >= 4 is 15.9 Å². The van der Waals surface area contributed by atoms with Crippen molar-refractivity contribution in [1.29, 1.82) is 0 Å². The first kappa shape index (κ1) is 15.0. The van der Waals surface area contributed by atoms with Crippen molar-refractivity contribution in [2.24, 2.45) is 5.92 Å². The van der Waals surface area contributed by atoms with Crippen LogP contribution in [0.25, 0.3) is 0 Å². The Hall–Kier alpha value is -0.380. The van der Waals surface area contributed by atoms with E-state index < -0.39 is 6.10 Å². The van der Waals surface area contributed by atoms with E-state index in [0.717, 1.165) is 41.6 Å². The van der Waals surface area contributed by atoms with E-state index in [1.54, 1.807) is 7.11 Å². The molecule has 0 aromatic heterocycles. The Kier molecular flexibility index (Phi) is 5.04. The normalized spacial score (nSPS) is 29.2. The van der Waals surface area contributed by atoms with Gasteiger partial charge in [-0.1, -0.05) is 35.0 Å². The highest BCUT2D eigenvalue weighted by molar-refractivity contribution is 9.10. The van der Waals surface area contributed by atoms with E-state index in [4.69, 9.17) is 4.74 Å². The maximum absolute atomic E-state index is 10.6. The van der Waals surface area contributed by atoms with Crippen LogP contribution in [0.15, 0.2) is 28.7 Å². The zero-order valence-electron chi connectivity index (χ0n) is 11.7. The number of benzene rings is 1. The molecule has 1 N–H and O–H groups in total. The number of methoxy groups -OCH3 is 1. The van der Waals surface area contributed by atoms with E-state index in [2.05, 4.69) is 35.0 Å². The quantitative estimate of drug-likeness (QED) is 0.907. The molecule has 0 aliphatic heterocycles. The van der Waals surface area contributed by atoms with Gasteiger partial charge >= 0.3 is 0 Å². The van der Waals surface area contributed by atoms with Gasteiger partial charge < -0.3 is 9.84 Å². The molecule has 2 nitrogen and oxygen atoms in total. The van der Waals surface area contributed by atoms with Crippen LogP contribution < -0.4 is 0 Å². The van der Waals surface area contributed by atoms with Crippen LogP contribution in [-0.2, 0) is 11.2 Å². The van der Waals surface area contributed by atoms with Crippen molar-refractivity contribution in [3.05, 3.63) is 34.3 Å². The molecule has 1 aliphatic rings. The summed E-state index contributed by atoms with van der Waals surface area (Å²) in [6.45, 7) is 2.28. The van der Waals surface area contributed by atoms with E-state index in [9.17, 15) is 5.11 Å². The Bertz CT molecular complexity index is 394. The van der Waals surface area contributed by atoms with E-state index in [1.165, 1.54) is 0 Å². The van der Waals surface area contributed by atoms with Crippen molar-refractivity contribution < 1.29 is 9.84 Å². The van der Waals surface area contributed by atoms with Gasteiger partial charge in [0.05, 0.1) is 11.7 Å². The summed E-state index contributed by atoms with van der Waals surface area (Å²) in [5.41, 5.74) is 0.810. The molecule has 1 fully saturated rings. The van der Waals surface area contributed by atoms with E-state index >= 15 is 0 Å². The Morgan fingerprint density at radius 3 is 2.42 bits per heavy atom. The molecule has 106 valence electrons. The van der Waals surface area contributed by atoms with Crippen LogP contribution in [-0.4, -0.2) is 23.9 Å². The highest BCUT2D eigenvalue weighted by Gasteiger charge is 2.40. The average Bonchev–Trinajstić information content (AvgIpc) is 2.42. The lowest BCUT2D eigenvalue weighted by atomic mass is 9.75. The predicted octanol–water partition coefficient (Wildman–Crippen LogP) is 3.95. The van der Waals surface area contributed by atoms with Gasteiger partial charge in [0.2, 0.25) is 0 Å². The van der Waals surface area contributed by atoms with Gasteiger partial charge in [-0.05, 0) is 49.3 Å². The van der Waals surface area contributed by atoms with Crippen LogP contribution in [0.1, 0.15) is 38.2 Å². The molecule has 1 aliphatic carbocycles. The van der Waals surface area contributed by atoms with Gasteiger partial charge in [0.1, 0.15) is 0 Å². The average molecular weight is 327 g/mol. The lowest BCUT2D eigenvalue weighted by molar-refractivity contribution is -0.127. The summed E-state index contributed by atoms with van der Waals surface area (Å²) in [4.78, 5) is 0. The van der Waals surface area contributed by atoms with E-state index in [0.29, 0.717) is 6.42 Å². The third-order valence-electron chi connectivity index (χ3n) is 4.48. The molecular weight excluding hydrogens is 304 g/mol. The molecule has 1 saturated carbocycles. The molecular formula is C16H23BrO2. The Morgan fingerprint density at radius 2 is 1.89 bits per heavy atom. The van der Waals surface area contributed by atoms with Crippen molar-refractivity contribution in [2.75, 3.05) is 7.11 Å². The number of aliphatic hydroxyl groups is 1. The van der Waals surface area contributed by atoms with Crippen molar-refractivity contribution in [2.45, 2.75) is 50.7 Å². The number of halogens is 1. The molecule has 19 heavy (non-hydrogen) atoms. The Balaban J connectivity index is 2.04. The molecule has 0 radical (unpaired) electrons. The minimum Gasteiger partial charge on any atom is -0.390 e. The third kappa shape index (κ3) is 3.59. The number of hydrogen-bond donors (Lipinski definition) is 1. The first-order valence-corrected chi connectivity index (χ1v) is 7.83. The summed E-state index contributed by atoms with van der Waals surface area (Å²) >= 11 is 3.43. The smallest absolute Gasteiger partial charge is 0.0939 e. The number of hydrogen-bond acceptors (Lipinski definition) is 2. The highest BCUT2D eigenvalue weighted by atomic mass is 79.9. The fourth-order valence-corrected chi connectivity index (χ4v) is 3.22. The standard InChI is InChI=1S/C16H23BrO2/c1-12-7-9-16(19-2,10-8-12)15(18)11-13-3-5-14(17)6-4-13/h3-6,12,15,18H,7-11H2,1-2H3. The largest absolute Gasteiger partial charge is 0.390 e. The van der Waals surface area contributed by atoms with Crippen molar-refractivity contribution in [1.82, 2.24) is 0 Å². The monoisotopic (exact) mass is 326 g/mol. The minimum atomic E-state index is -0.425. The molecule has 2 rings (SSSR count). The molecule has 0 bridgehead atoms. The molecule has 0 heterocycles. The summed E-state index contributed by atoms with van der Waals surface area (Å²) < 4.78 is 6.79. The molecule has 0 saturated heterocycles. The molecule has 0 amide bonds. The molecule has 1 aromatic carbocycles. The zero-order valence-corrected chi connectivity index (χ0v) is 13.3. The molecule has 3 heteroatoms. The van der Waals surface area contributed by atoms with Crippen LogP contribution in [0.2, 0.25) is 0 Å². The lowest BCUT2D eigenvalue weighted by Gasteiger charge is -2.41. The summed E-state index contributed by atoms with van der Waals surface area (Å²) in [6, 6.07) is 8.15. The Morgan fingerprint density at radius 1 is 1.32 bits per heavy atom. The fourth-order valence-electron chi connectivity index (χ4n) is 2.95. The fraction of sp³-hybridized carbons (Fsp3) is 0.625. The Labute approximate surface area is 124 Å². The van der Waals surface area contributed by atoms with E-state index in [1.807, 2.05) is 12.1 Å². The van der Waals surface area contributed by atoms with Gasteiger partial charge in [0, 0.05) is 18.0 Å². The summed E-state index contributed by atoms with van der Waals surface area (Å²) in [5.74, 6) is 0.753. The molecule has 0 spiro atoms. The molecule has 1 atom stereocenters. The summed E-state index contributed by atoms with van der Waals surface area (Å²) in [7, 11) is 1.74. The van der Waals surface area contributed by atoms with Crippen LogP contribution in [0.5, 0.6) is 0 Å². The van der Waals surface area contributed by atoms with Crippen LogP contribution in [0.3, 0.4) is 0 Å². The SMILES string of the molecule is COC1(C(O)Cc2ccc(Br)cc2)CCC(C)CC1. The van der Waals surface area contributed by atoms with Gasteiger partial charge in [0.15, 0.2) is 0 Å². The first-order valence-electron chi connectivity index (χ1n) is 7.03. The predicted molar refractivity (Wildman–Crippen MR) is 81.2 cm³/mol. The second-order valence-electron chi connectivity index (χ2n) is 5.80. The van der Waals surface area contributed by atoms with Crippen LogP contribution in [0, 0.1) is 5.92 Å². The lowest BCUT2D eigenvalue weighted by Crippen LogP contribution is -2.47. The van der Waals surface area contributed by atoms with Crippen LogP contribution >= 0.6 is 15.9 Å². The van der Waals surface area contributed by atoms with Gasteiger partial charge in [-0.2, -0.15) is 0 Å². The zero-order chi connectivity index (χ0) is 13.9. The minimum absolute atomic E-state index is 0.348. The molecule has 1 unspecified atom stereocenters. The van der Waals surface area contributed by atoms with Gasteiger partial charge in [-0.3, -0.25) is 0 Å². The third-order valence-corrected chi connectivity index (χ3v) is 5.01. The maximum atomic E-state index is 10.6.